The second-order valence-electron chi connectivity index (χ2n) is 4.39. The first-order valence-corrected chi connectivity index (χ1v) is 7.48. The molecule has 0 saturated heterocycles. The van der Waals surface area contributed by atoms with E-state index in [-0.39, 0.29) is 11.7 Å². The summed E-state index contributed by atoms with van der Waals surface area (Å²) in [4.78, 5) is 12.4. The van der Waals surface area contributed by atoms with Crippen LogP contribution in [0.2, 0.25) is 0 Å². The molecule has 2 rings (SSSR count). The SMILES string of the molecule is Cc1cccc(S(=O)CC(=O)Nc2ccccc2)c1N. The molecular formula is C15H16N2O2S. The van der Waals surface area contributed by atoms with Crippen molar-refractivity contribution in [1.82, 2.24) is 0 Å². The Bertz CT molecular complexity index is 642. The average Bonchev–Trinajstić information content (AvgIpc) is 2.42. The molecule has 5 heteroatoms. The summed E-state index contributed by atoms with van der Waals surface area (Å²) in [6.45, 7) is 1.85. The smallest absolute Gasteiger partial charge is 0.237 e. The molecule has 0 aliphatic heterocycles. The maximum atomic E-state index is 12.2. The molecule has 1 atom stereocenters. The molecule has 4 nitrogen and oxygen atoms in total. The van der Waals surface area contributed by atoms with Gasteiger partial charge in [0.05, 0.1) is 21.4 Å². The molecule has 1 amide bonds. The van der Waals surface area contributed by atoms with Crippen molar-refractivity contribution in [2.24, 2.45) is 0 Å². The third-order valence-corrected chi connectivity index (χ3v) is 4.22. The lowest BCUT2D eigenvalue weighted by atomic mass is 10.2. The maximum Gasteiger partial charge on any atom is 0.237 e. The molecule has 0 aliphatic rings. The normalized spacial score (nSPS) is 11.8. The van der Waals surface area contributed by atoms with Gasteiger partial charge in [0.2, 0.25) is 5.91 Å². The fourth-order valence-electron chi connectivity index (χ4n) is 1.77. The Morgan fingerprint density at radius 1 is 1.15 bits per heavy atom. The van der Waals surface area contributed by atoms with Crippen molar-refractivity contribution in [3.63, 3.8) is 0 Å². The lowest BCUT2D eigenvalue weighted by molar-refractivity contribution is -0.113. The number of aryl methyl sites for hydroxylation is 1. The topological polar surface area (TPSA) is 72.2 Å². The van der Waals surface area contributed by atoms with Crippen LogP contribution in [0.4, 0.5) is 11.4 Å². The highest BCUT2D eigenvalue weighted by Gasteiger charge is 2.13. The number of amides is 1. The third-order valence-electron chi connectivity index (χ3n) is 2.85. The number of anilines is 2. The zero-order valence-corrected chi connectivity index (χ0v) is 11.9. The second-order valence-corrected chi connectivity index (χ2v) is 5.81. The van der Waals surface area contributed by atoms with E-state index in [0.29, 0.717) is 16.3 Å². The number of nitrogens with one attached hydrogen (secondary N) is 1. The molecule has 2 aromatic rings. The number of carbonyl (C=O) groups excluding carboxylic acids is 1. The summed E-state index contributed by atoms with van der Waals surface area (Å²) in [5, 5.41) is 2.70. The molecule has 3 N–H and O–H groups in total. The summed E-state index contributed by atoms with van der Waals surface area (Å²) in [5.41, 5.74) is 7.92. The van der Waals surface area contributed by atoms with E-state index in [1.165, 1.54) is 0 Å². The van der Waals surface area contributed by atoms with E-state index in [2.05, 4.69) is 5.32 Å². The number of hydrogen-bond donors (Lipinski definition) is 2. The lowest BCUT2D eigenvalue weighted by Gasteiger charge is -2.08. The van der Waals surface area contributed by atoms with Gasteiger partial charge in [-0.3, -0.25) is 9.00 Å². The highest BCUT2D eigenvalue weighted by atomic mass is 32.2. The number of rotatable bonds is 4. The standard InChI is InChI=1S/C15H16N2O2S/c1-11-6-5-9-13(15(11)16)20(19)10-14(18)17-12-7-3-2-4-8-12/h2-9H,10,16H2,1H3,(H,17,18). The largest absolute Gasteiger partial charge is 0.398 e. The minimum absolute atomic E-state index is 0.109. The van der Waals surface area contributed by atoms with Crippen LogP contribution in [0.25, 0.3) is 0 Å². The van der Waals surface area contributed by atoms with Crippen LogP contribution in [0, 0.1) is 6.92 Å². The molecule has 0 bridgehead atoms. The van der Waals surface area contributed by atoms with E-state index < -0.39 is 10.8 Å². The summed E-state index contributed by atoms with van der Waals surface area (Å²) in [5.74, 6) is -0.404. The number of nitrogens with two attached hydrogens (primary N) is 1. The number of benzene rings is 2. The van der Waals surface area contributed by atoms with Crippen LogP contribution in [0.5, 0.6) is 0 Å². The summed E-state index contributed by atoms with van der Waals surface area (Å²) in [6.07, 6.45) is 0. The predicted molar refractivity (Wildman–Crippen MR) is 81.9 cm³/mol. The average molecular weight is 288 g/mol. The molecule has 0 heterocycles. The quantitative estimate of drug-likeness (QED) is 0.848. The van der Waals surface area contributed by atoms with Crippen molar-refractivity contribution >= 4 is 28.1 Å². The Hall–Kier alpha value is -2.14. The number of hydrogen-bond acceptors (Lipinski definition) is 3. The van der Waals surface area contributed by atoms with Crippen molar-refractivity contribution in [2.75, 3.05) is 16.8 Å². The van der Waals surface area contributed by atoms with Gasteiger partial charge < -0.3 is 11.1 Å². The summed E-state index contributed by atoms with van der Waals surface area (Å²) < 4.78 is 12.2. The molecule has 0 radical (unpaired) electrons. The number of para-hydroxylation sites is 2. The van der Waals surface area contributed by atoms with E-state index in [1.807, 2.05) is 31.2 Å². The second kappa shape index (κ2) is 6.34. The van der Waals surface area contributed by atoms with Crippen molar-refractivity contribution in [1.29, 1.82) is 0 Å². The molecule has 0 fully saturated rings. The molecule has 2 aromatic carbocycles. The van der Waals surface area contributed by atoms with Crippen LogP contribution in [0.15, 0.2) is 53.4 Å². The van der Waals surface area contributed by atoms with Gasteiger partial charge in [-0.1, -0.05) is 30.3 Å². The van der Waals surface area contributed by atoms with E-state index >= 15 is 0 Å². The van der Waals surface area contributed by atoms with Gasteiger partial charge in [-0.05, 0) is 30.7 Å². The highest BCUT2D eigenvalue weighted by Crippen LogP contribution is 2.20. The Kier molecular flexibility index (Phi) is 4.53. The molecule has 0 saturated carbocycles. The zero-order valence-electron chi connectivity index (χ0n) is 11.1. The lowest BCUT2D eigenvalue weighted by Crippen LogP contribution is -2.20. The Morgan fingerprint density at radius 2 is 1.85 bits per heavy atom. The molecule has 104 valence electrons. The number of nitrogen functional groups attached to an aromatic ring is 1. The monoisotopic (exact) mass is 288 g/mol. The fraction of sp³-hybridized carbons (Fsp3) is 0.133. The van der Waals surface area contributed by atoms with Crippen molar-refractivity contribution in [3.05, 3.63) is 54.1 Å². The Balaban J connectivity index is 2.04. The Morgan fingerprint density at radius 3 is 2.55 bits per heavy atom. The van der Waals surface area contributed by atoms with Crippen LogP contribution in [0.3, 0.4) is 0 Å². The van der Waals surface area contributed by atoms with E-state index in [1.54, 1.807) is 24.3 Å². The van der Waals surface area contributed by atoms with Gasteiger partial charge in [0.25, 0.3) is 0 Å². The van der Waals surface area contributed by atoms with E-state index in [9.17, 15) is 9.00 Å². The first-order chi connectivity index (χ1) is 9.58. The molecule has 20 heavy (non-hydrogen) atoms. The maximum absolute atomic E-state index is 12.2. The van der Waals surface area contributed by atoms with Crippen LogP contribution in [-0.2, 0) is 15.6 Å². The van der Waals surface area contributed by atoms with Gasteiger partial charge in [-0.25, -0.2) is 0 Å². The molecule has 0 aromatic heterocycles. The predicted octanol–water partition coefficient (Wildman–Crippen LogP) is 2.32. The molecule has 0 spiro atoms. The summed E-state index contributed by atoms with van der Waals surface area (Å²) in [7, 11) is -1.45. The van der Waals surface area contributed by atoms with Crippen molar-refractivity contribution in [3.8, 4) is 0 Å². The molecular weight excluding hydrogens is 272 g/mol. The van der Waals surface area contributed by atoms with Crippen LogP contribution in [-0.4, -0.2) is 15.9 Å². The van der Waals surface area contributed by atoms with Gasteiger partial charge in [-0.15, -0.1) is 0 Å². The molecule has 0 aliphatic carbocycles. The van der Waals surface area contributed by atoms with E-state index in [0.717, 1.165) is 5.56 Å². The van der Waals surface area contributed by atoms with Crippen LogP contribution < -0.4 is 11.1 Å². The van der Waals surface area contributed by atoms with E-state index in [4.69, 9.17) is 5.73 Å². The van der Waals surface area contributed by atoms with Crippen LogP contribution >= 0.6 is 0 Å². The summed E-state index contributed by atoms with van der Waals surface area (Å²) >= 11 is 0. The summed E-state index contributed by atoms with van der Waals surface area (Å²) in [6, 6.07) is 14.4. The minimum Gasteiger partial charge on any atom is -0.398 e. The van der Waals surface area contributed by atoms with Crippen molar-refractivity contribution < 1.29 is 9.00 Å². The fourth-order valence-corrected chi connectivity index (χ4v) is 2.87. The van der Waals surface area contributed by atoms with Gasteiger partial charge in [0.1, 0.15) is 5.75 Å². The number of carbonyl (C=O) groups is 1. The third kappa shape index (κ3) is 3.45. The van der Waals surface area contributed by atoms with Gasteiger partial charge in [0.15, 0.2) is 0 Å². The van der Waals surface area contributed by atoms with Gasteiger partial charge >= 0.3 is 0 Å². The van der Waals surface area contributed by atoms with Gasteiger partial charge in [-0.2, -0.15) is 0 Å². The Labute approximate surface area is 120 Å². The first-order valence-electron chi connectivity index (χ1n) is 6.16. The molecule has 1 unspecified atom stereocenters. The minimum atomic E-state index is -1.45. The highest BCUT2D eigenvalue weighted by molar-refractivity contribution is 7.86. The van der Waals surface area contributed by atoms with Crippen LogP contribution in [0.1, 0.15) is 5.56 Å². The van der Waals surface area contributed by atoms with Crippen molar-refractivity contribution in [2.45, 2.75) is 11.8 Å². The zero-order chi connectivity index (χ0) is 14.5. The first kappa shape index (κ1) is 14.3. The van der Waals surface area contributed by atoms with Gasteiger partial charge in [0, 0.05) is 5.69 Å².